The van der Waals surface area contributed by atoms with Gasteiger partial charge in [0.2, 0.25) is 0 Å². The number of nitrogens with zero attached hydrogens (tertiary/aromatic N) is 2. The molecule has 0 atom stereocenters. The number of hydrogen-bond donors (Lipinski definition) is 1. The largest absolute Gasteiger partial charge is 0.497 e. The van der Waals surface area contributed by atoms with Gasteiger partial charge >= 0.3 is 0 Å². The number of benzene rings is 2. The summed E-state index contributed by atoms with van der Waals surface area (Å²) in [6, 6.07) is 14.3. The van der Waals surface area contributed by atoms with Crippen molar-refractivity contribution in [1.29, 1.82) is 0 Å². The van der Waals surface area contributed by atoms with Gasteiger partial charge in [0.1, 0.15) is 11.6 Å². The lowest BCUT2D eigenvalue weighted by Crippen LogP contribution is -2.11. The second-order valence-corrected chi connectivity index (χ2v) is 7.49. The SMILES string of the molecule is C=C/C(=C\C=C/C)c1nc(NCC(C)C)c2cc(-c3cccc(OC)c3)ccc2n1. The normalized spacial score (nSPS) is 12.0. The maximum atomic E-state index is 5.38. The first kappa shape index (κ1) is 21.3. The van der Waals surface area contributed by atoms with Crippen LogP contribution in [0.5, 0.6) is 5.75 Å². The van der Waals surface area contributed by atoms with Crippen LogP contribution in [0.3, 0.4) is 0 Å². The highest BCUT2D eigenvalue weighted by atomic mass is 16.5. The molecule has 1 aromatic heterocycles. The fourth-order valence-corrected chi connectivity index (χ4v) is 3.11. The molecule has 0 amide bonds. The van der Waals surface area contributed by atoms with E-state index in [2.05, 4.69) is 43.9 Å². The quantitative estimate of drug-likeness (QED) is 0.438. The molecule has 3 rings (SSSR count). The second kappa shape index (κ2) is 9.88. The molecule has 0 unspecified atom stereocenters. The van der Waals surface area contributed by atoms with Gasteiger partial charge in [0.25, 0.3) is 0 Å². The van der Waals surface area contributed by atoms with E-state index < -0.39 is 0 Å². The van der Waals surface area contributed by atoms with Gasteiger partial charge in [-0.05, 0) is 48.2 Å². The summed E-state index contributed by atoms with van der Waals surface area (Å²) in [6.45, 7) is 11.1. The molecule has 1 heterocycles. The Morgan fingerprint density at radius 1 is 1.13 bits per heavy atom. The van der Waals surface area contributed by atoms with Crippen LogP contribution in [0.4, 0.5) is 5.82 Å². The monoisotopic (exact) mass is 399 g/mol. The molecular weight excluding hydrogens is 370 g/mol. The molecule has 4 heteroatoms. The molecule has 0 aliphatic carbocycles. The summed E-state index contributed by atoms with van der Waals surface area (Å²) in [5.41, 5.74) is 3.97. The average molecular weight is 400 g/mol. The van der Waals surface area contributed by atoms with E-state index in [9.17, 15) is 0 Å². The summed E-state index contributed by atoms with van der Waals surface area (Å²) in [5, 5.41) is 4.50. The van der Waals surface area contributed by atoms with E-state index in [0.717, 1.165) is 45.7 Å². The van der Waals surface area contributed by atoms with Gasteiger partial charge in [-0.25, -0.2) is 9.97 Å². The van der Waals surface area contributed by atoms with Gasteiger partial charge in [-0.3, -0.25) is 0 Å². The third-order valence-corrected chi connectivity index (χ3v) is 4.72. The predicted octanol–water partition coefficient (Wildman–Crippen LogP) is 6.52. The minimum Gasteiger partial charge on any atom is -0.497 e. The summed E-state index contributed by atoms with van der Waals surface area (Å²) >= 11 is 0. The Hall–Kier alpha value is -3.40. The zero-order valence-electron chi connectivity index (χ0n) is 18.1. The molecule has 3 aromatic rings. The van der Waals surface area contributed by atoms with Crippen molar-refractivity contribution in [2.45, 2.75) is 20.8 Å². The van der Waals surface area contributed by atoms with E-state index in [0.29, 0.717) is 11.7 Å². The van der Waals surface area contributed by atoms with Crippen molar-refractivity contribution in [3.05, 3.63) is 79.2 Å². The van der Waals surface area contributed by atoms with E-state index in [1.165, 1.54) is 0 Å². The van der Waals surface area contributed by atoms with Crippen LogP contribution in [-0.2, 0) is 0 Å². The van der Waals surface area contributed by atoms with Crippen LogP contribution in [0.15, 0.2) is 73.3 Å². The van der Waals surface area contributed by atoms with Crippen LogP contribution < -0.4 is 10.1 Å². The Morgan fingerprint density at radius 3 is 2.63 bits per heavy atom. The molecule has 0 aliphatic heterocycles. The molecule has 0 radical (unpaired) electrons. The highest BCUT2D eigenvalue weighted by molar-refractivity contribution is 5.94. The summed E-state index contributed by atoms with van der Waals surface area (Å²) < 4.78 is 5.38. The van der Waals surface area contributed by atoms with Crippen molar-refractivity contribution in [2.24, 2.45) is 5.92 Å². The third kappa shape index (κ3) is 4.95. The van der Waals surface area contributed by atoms with E-state index in [4.69, 9.17) is 14.7 Å². The number of rotatable bonds is 8. The number of ether oxygens (including phenoxy) is 1. The number of fused-ring (bicyclic) bond motifs is 1. The van der Waals surface area contributed by atoms with E-state index >= 15 is 0 Å². The van der Waals surface area contributed by atoms with Gasteiger partial charge in [0.05, 0.1) is 12.6 Å². The molecular formula is C26H29N3O. The smallest absolute Gasteiger partial charge is 0.162 e. The molecule has 0 bridgehead atoms. The standard InChI is InChI=1S/C26H29N3O/c1-6-8-10-19(7-2)25-28-24-14-13-21(20-11-9-12-22(15-20)30-5)16-23(24)26(29-25)27-17-18(3)4/h6-16,18H,2,17H2,1,3-5H3,(H,27,28,29)/b8-6-,19-10+. The van der Waals surface area contributed by atoms with Gasteiger partial charge in [-0.1, -0.05) is 62.9 Å². The maximum Gasteiger partial charge on any atom is 0.162 e. The van der Waals surface area contributed by atoms with Gasteiger partial charge in [0, 0.05) is 17.5 Å². The van der Waals surface area contributed by atoms with Gasteiger partial charge < -0.3 is 10.1 Å². The minimum atomic E-state index is 0.498. The van der Waals surface area contributed by atoms with Crippen molar-refractivity contribution >= 4 is 22.3 Å². The minimum absolute atomic E-state index is 0.498. The van der Waals surface area contributed by atoms with Crippen LogP contribution >= 0.6 is 0 Å². The number of nitrogens with one attached hydrogen (secondary N) is 1. The van der Waals surface area contributed by atoms with Crippen LogP contribution in [0.25, 0.3) is 27.6 Å². The lowest BCUT2D eigenvalue weighted by Gasteiger charge is -2.14. The van der Waals surface area contributed by atoms with Crippen molar-refractivity contribution in [1.82, 2.24) is 9.97 Å². The Bertz CT molecular complexity index is 1100. The first-order valence-electron chi connectivity index (χ1n) is 10.2. The third-order valence-electron chi connectivity index (χ3n) is 4.72. The van der Waals surface area contributed by atoms with Gasteiger partial charge in [0.15, 0.2) is 5.82 Å². The Labute approximate surface area is 179 Å². The van der Waals surface area contributed by atoms with Gasteiger partial charge in [-0.2, -0.15) is 0 Å². The summed E-state index contributed by atoms with van der Waals surface area (Å²) in [5.74, 6) is 2.83. The summed E-state index contributed by atoms with van der Waals surface area (Å²) in [7, 11) is 1.68. The zero-order chi connectivity index (χ0) is 21.5. The molecule has 30 heavy (non-hydrogen) atoms. The lowest BCUT2D eigenvalue weighted by atomic mass is 10.0. The van der Waals surface area contributed by atoms with Crippen LogP contribution in [0.1, 0.15) is 26.6 Å². The molecule has 0 aliphatic rings. The number of hydrogen-bond acceptors (Lipinski definition) is 4. The molecule has 154 valence electrons. The molecule has 2 aromatic carbocycles. The van der Waals surface area contributed by atoms with Crippen molar-refractivity contribution < 1.29 is 4.74 Å². The van der Waals surface area contributed by atoms with E-state index in [1.54, 1.807) is 13.2 Å². The van der Waals surface area contributed by atoms with Crippen LogP contribution in [0, 0.1) is 5.92 Å². The van der Waals surface area contributed by atoms with Crippen LogP contribution in [-0.4, -0.2) is 23.6 Å². The predicted molar refractivity (Wildman–Crippen MR) is 128 cm³/mol. The number of aromatic nitrogens is 2. The highest BCUT2D eigenvalue weighted by Gasteiger charge is 2.12. The fourth-order valence-electron chi connectivity index (χ4n) is 3.11. The van der Waals surface area contributed by atoms with E-state index in [1.807, 2.05) is 49.4 Å². The Kier molecular flexibility index (Phi) is 7.02. The molecule has 4 nitrogen and oxygen atoms in total. The van der Waals surface area contributed by atoms with E-state index in [-0.39, 0.29) is 0 Å². The Morgan fingerprint density at radius 2 is 1.93 bits per heavy atom. The van der Waals surface area contributed by atoms with Crippen molar-refractivity contribution in [2.75, 3.05) is 19.0 Å². The topological polar surface area (TPSA) is 47.0 Å². The molecule has 1 N–H and O–H groups in total. The summed E-state index contributed by atoms with van der Waals surface area (Å²) in [6.07, 6.45) is 7.71. The average Bonchev–Trinajstić information content (AvgIpc) is 2.77. The number of allylic oxidation sites excluding steroid dienone is 5. The first-order chi connectivity index (χ1) is 14.5. The Balaban J connectivity index is 2.15. The fraction of sp³-hybridized carbons (Fsp3) is 0.231. The van der Waals surface area contributed by atoms with Crippen LogP contribution in [0.2, 0.25) is 0 Å². The zero-order valence-corrected chi connectivity index (χ0v) is 18.1. The molecule has 0 fully saturated rings. The molecule has 0 spiro atoms. The molecule has 0 saturated heterocycles. The van der Waals surface area contributed by atoms with Crippen molar-refractivity contribution in [3.63, 3.8) is 0 Å². The number of anilines is 1. The number of methoxy groups -OCH3 is 1. The first-order valence-corrected chi connectivity index (χ1v) is 10.2. The lowest BCUT2D eigenvalue weighted by molar-refractivity contribution is 0.415. The second-order valence-electron chi connectivity index (χ2n) is 7.49. The van der Waals surface area contributed by atoms with Crippen molar-refractivity contribution in [3.8, 4) is 16.9 Å². The summed E-state index contributed by atoms with van der Waals surface area (Å²) in [4.78, 5) is 9.65. The van der Waals surface area contributed by atoms with Gasteiger partial charge in [-0.15, -0.1) is 0 Å². The highest BCUT2D eigenvalue weighted by Crippen LogP contribution is 2.30. The maximum absolute atomic E-state index is 5.38. The molecule has 0 saturated carbocycles.